The van der Waals surface area contributed by atoms with Gasteiger partial charge in [-0.05, 0) is 103 Å². The Morgan fingerprint density at radius 3 is 1.45 bits per heavy atom. The molecule has 0 aliphatic carbocycles. The van der Waals surface area contributed by atoms with E-state index in [4.69, 9.17) is 0 Å². The predicted molar refractivity (Wildman–Crippen MR) is 247 cm³/mol. The van der Waals surface area contributed by atoms with Gasteiger partial charge in [0, 0.05) is 22.1 Å². The molecule has 2 heteroatoms. The lowest BCUT2D eigenvalue weighted by Gasteiger charge is -2.28. The zero-order chi connectivity index (χ0) is 38.4. The highest BCUT2D eigenvalue weighted by molar-refractivity contribution is 6.26. The first-order valence-corrected chi connectivity index (χ1v) is 19.9. The second kappa shape index (κ2) is 14.1. The maximum Gasteiger partial charge on any atom is 0.0702 e. The Labute approximate surface area is 338 Å². The van der Waals surface area contributed by atoms with Crippen molar-refractivity contribution in [2.75, 3.05) is 4.90 Å². The minimum absolute atomic E-state index is 1.09. The van der Waals surface area contributed by atoms with Crippen molar-refractivity contribution in [3.63, 3.8) is 0 Å². The monoisotopic (exact) mass is 738 g/mol. The van der Waals surface area contributed by atoms with Gasteiger partial charge in [-0.25, -0.2) is 0 Å². The first-order valence-electron chi connectivity index (χ1n) is 19.9. The van der Waals surface area contributed by atoms with E-state index in [1.54, 1.807) is 0 Å². The SMILES string of the molecule is c1ccc(-c2ccc(N(c3ccc(-c4ccccc4)cc3)c3ccccc3-n3c4cccc(-c5cccc6ccccc56)c4c4c5ccccc5ccc43)cc2)cc1. The lowest BCUT2D eigenvalue weighted by atomic mass is 9.93. The van der Waals surface area contributed by atoms with Crippen LogP contribution in [0.3, 0.4) is 0 Å². The van der Waals surface area contributed by atoms with E-state index in [2.05, 4.69) is 240 Å². The molecule has 0 bridgehead atoms. The molecule has 2 nitrogen and oxygen atoms in total. The van der Waals surface area contributed by atoms with Gasteiger partial charge in [-0.1, -0.05) is 182 Å². The summed E-state index contributed by atoms with van der Waals surface area (Å²) in [6.45, 7) is 0. The molecule has 11 aromatic rings. The van der Waals surface area contributed by atoms with Crippen molar-refractivity contribution in [2.24, 2.45) is 0 Å². The number of para-hydroxylation sites is 2. The van der Waals surface area contributed by atoms with Crippen LogP contribution in [0.15, 0.2) is 231 Å². The highest BCUT2D eigenvalue weighted by Gasteiger charge is 2.23. The van der Waals surface area contributed by atoms with E-state index in [0.29, 0.717) is 0 Å². The van der Waals surface area contributed by atoms with E-state index >= 15 is 0 Å². The van der Waals surface area contributed by atoms with Crippen molar-refractivity contribution in [1.29, 1.82) is 0 Å². The van der Waals surface area contributed by atoms with E-state index < -0.39 is 0 Å². The van der Waals surface area contributed by atoms with E-state index in [0.717, 1.165) is 22.7 Å². The molecule has 0 N–H and O–H groups in total. The van der Waals surface area contributed by atoms with Gasteiger partial charge >= 0.3 is 0 Å². The number of anilines is 3. The minimum Gasteiger partial charge on any atom is -0.308 e. The summed E-state index contributed by atoms with van der Waals surface area (Å²) in [7, 11) is 0. The van der Waals surface area contributed by atoms with Crippen molar-refractivity contribution in [3.8, 4) is 39.1 Å². The van der Waals surface area contributed by atoms with Crippen molar-refractivity contribution >= 4 is 60.4 Å². The minimum atomic E-state index is 1.09. The topological polar surface area (TPSA) is 8.17 Å². The molecule has 0 atom stereocenters. The van der Waals surface area contributed by atoms with Gasteiger partial charge in [0.25, 0.3) is 0 Å². The summed E-state index contributed by atoms with van der Waals surface area (Å²) in [4.78, 5) is 2.41. The molecular weight excluding hydrogens is 701 g/mol. The molecule has 1 heterocycles. The van der Waals surface area contributed by atoms with Crippen molar-refractivity contribution in [2.45, 2.75) is 0 Å². The van der Waals surface area contributed by atoms with Gasteiger partial charge in [0.15, 0.2) is 0 Å². The van der Waals surface area contributed by atoms with Crippen LogP contribution in [0.25, 0.3) is 82.4 Å². The van der Waals surface area contributed by atoms with Gasteiger partial charge in [0.2, 0.25) is 0 Å². The van der Waals surface area contributed by atoms with E-state index in [1.807, 2.05) is 0 Å². The van der Waals surface area contributed by atoms with Gasteiger partial charge in [-0.2, -0.15) is 0 Å². The average Bonchev–Trinajstić information content (AvgIpc) is 3.65. The normalized spacial score (nSPS) is 11.4. The molecule has 0 spiro atoms. The molecular formula is C56H38N2. The molecule has 0 amide bonds. The number of hydrogen-bond donors (Lipinski definition) is 0. The molecule has 0 unspecified atom stereocenters. The molecule has 10 aromatic carbocycles. The number of aromatic nitrogens is 1. The van der Waals surface area contributed by atoms with Crippen LogP contribution in [0.1, 0.15) is 0 Å². The summed E-state index contributed by atoms with van der Waals surface area (Å²) in [5.41, 5.74) is 14.0. The fourth-order valence-corrected chi connectivity index (χ4v) is 8.91. The standard InChI is InChI=1S/C56H38N2/c1-3-15-39(16-4-1)41-29-34-45(35-30-41)57(46-36-31-42(32-37-46)40-17-5-2-6-18-40)51-26-11-12-27-52(51)58-53-28-14-25-50(49-24-13-21-43-19-7-9-22-47(43)49)56(53)55-48-23-10-8-20-44(48)33-38-54(55)58/h1-38H. The number of rotatable bonds is 7. The molecule has 0 radical (unpaired) electrons. The Morgan fingerprint density at radius 1 is 0.293 bits per heavy atom. The van der Waals surface area contributed by atoms with Gasteiger partial charge in [-0.15, -0.1) is 0 Å². The molecule has 0 saturated heterocycles. The Balaban J connectivity index is 1.18. The van der Waals surface area contributed by atoms with Crippen LogP contribution in [0.5, 0.6) is 0 Å². The van der Waals surface area contributed by atoms with E-state index in [9.17, 15) is 0 Å². The predicted octanol–water partition coefficient (Wildman–Crippen LogP) is 15.6. The summed E-state index contributed by atoms with van der Waals surface area (Å²) in [6.07, 6.45) is 0. The Morgan fingerprint density at radius 2 is 0.776 bits per heavy atom. The van der Waals surface area contributed by atoms with Crippen molar-refractivity contribution < 1.29 is 0 Å². The van der Waals surface area contributed by atoms with Crippen LogP contribution in [0, 0.1) is 0 Å². The Bertz CT molecular complexity index is 3160. The molecule has 0 aliphatic rings. The highest BCUT2D eigenvalue weighted by Crippen LogP contribution is 2.46. The third kappa shape index (κ3) is 5.66. The first-order chi connectivity index (χ1) is 28.8. The maximum absolute atomic E-state index is 2.49. The molecule has 0 fully saturated rings. The smallest absolute Gasteiger partial charge is 0.0702 e. The van der Waals surface area contributed by atoms with Gasteiger partial charge in [-0.3, -0.25) is 0 Å². The van der Waals surface area contributed by atoms with Gasteiger partial charge in [0.1, 0.15) is 0 Å². The van der Waals surface area contributed by atoms with Crippen LogP contribution in [-0.2, 0) is 0 Å². The number of fused-ring (bicyclic) bond motifs is 6. The maximum atomic E-state index is 2.49. The third-order valence-electron chi connectivity index (χ3n) is 11.6. The molecule has 58 heavy (non-hydrogen) atoms. The molecule has 1 aromatic heterocycles. The van der Waals surface area contributed by atoms with Crippen LogP contribution in [0.4, 0.5) is 17.1 Å². The van der Waals surface area contributed by atoms with Crippen molar-refractivity contribution in [1.82, 2.24) is 4.57 Å². The highest BCUT2D eigenvalue weighted by atomic mass is 15.2. The molecule has 272 valence electrons. The van der Waals surface area contributed by atoms with Crippen molar-refractivity contribution in [3.05, 3.63) is 231 Å². The summed E-state index contributed by atoms with van der Waals surface area (Å²) >= 11 is 0. The van der Waals surface area contributed by atoms with E-state index in [-0.39, 0.29) is 0 Å². The van der Waals surface area contributed by atoms with Crippen LogP contribution in [-0.4, -0.2) is 4.57 Å². The number of benzene rings is 10. The van der Waals surface area contributed by atoms with Gasteiger partial charge < -0.3 is 9.47 Å². The second-order valence-corrected chi connectivity index (χ2v) is 14.9. The summed E-state index contributed by atoms with van der Waals surface area (Å²) in [6, 6.07) is 83.7. The summed E-state index contributed by atoms with van der Waals surface area (Å²) < 4.78 is 2.49. The second-order valence-electron chi connectivity index (χ2n) is 14.9. The fraction of sp³-hybridized carbons (Fsp3) is 0. The lowest BCUT2D eigenvalue weighted by Crippen LogP contribution is -2.13. The fourth-order valence-electron chi connectivity index (χ4n) is 8.91. The molecule has 0 saturated carbocycles. The Kier molecular flexibility index (Phi) is 8.19. The number of nitrogens with zero attached hydrogens (tertiary/aromatic N) is 2. The number of hydrogen-bond acceptors (Lipinski definition) is 1. The Hall–Kier alpha value is -7.68. The summed E-state index contributed by atoms with van der Waals surface area (Å²) in [5, 5.41) is 7.49. The van der Waals surface area contributed by atoms with Crippen LogP contribution < -0.4 is 4.90 Å². The van der Waals surface area contributed by atoms with Crippen LogP contribution >= 0.6 is 0 Å². The molecule has 11 rings (SSSR count). The molecule has 0 aliphatic heterocycles. The van der Waals surface area contributed by atoms with Crippen LogP contribution in [0.2, 0.25) is 0 Å². The zero-order valence-electron chi connectivity index (χ0n) is 31.8. The summed E-state index contributed by atoms with van der Waals surface area (Å²) in [5.74, 6) is 0. The largest absolute Gasteiger partial charge is 0.308 e. The van der Waals surface area contributed by atoms with Gasteiger partial charge in [0.05, 0.1) is 22.4 Å². The quantitative estimate of drug-likeness (QED) is 0.158. The first kappa shape index (κ1) is 33.6. The third-order valence-corrected chi connectivity index (χ3v) is 11.6. The van der Waals surface area contributed by atoms with E-state index in [1.165, 1.54) is 76.7 Å². The zero-order valence-corrected chi connectivity index (χ0v) is 31.8. The lowest BCUT2D eigenvalue weighted by molar-refractivity contribution is 1.15. The average molecular weight is 739 g/mol.